The fourth-order valence-electron chi connectivity index (χ4n) is 2.08. The van der Waals surface area contributed by atoms with Gasteiger partial charge in [0.25, 0.3) is 0 Å². The maximum absolute atomic E-state index is 6.30. The molecule has 3 heteroatoms. The smallest absolute Gasteiger partial charge is 0.0361 e. The van der Waals surface area contributed by atoms with Crippen LogP contribution in [0.3, 0.4) is 0 Å². The molecule has 0 aliphatic rings. The zero-order valence-corrected chi connectivity index (χ0v) is 12.7. The van der Waals surface area contributed by atoms with Crippen molar-refractivity contribution in [2.45, 2.75) is 25.8 Å². The molecule has 2 aromatic rings. The van der Waals surface area contributed by atoms with Crippen LogP contribution in [-0.4, -0.2) is 14.1 Å². The third-order valence-corrected chi connectivity index (χ3v) is 4.58. The van der Waals surface area contributed by atoms with Gasteiger partial charge in [0.05, 0.1) is 0 Å². The third kappa shape index (κ3) is 3.58. The van der Waals surface area contributed by atoms with Crippen LogP contribution in [0.2, 0.25) is 0 Å². The van der Waals surface area contributed by atoms with Gasteiger partial charge < -0.3 is 10.6 Å². The van der Waals surface area contributed by atoms with Gasteiger partial charge in [-0.3, -0.25) is 0 Å². The van der Waals surface area contributed by atoms with Gasteiger partial charge in [-0.2, -0.15) is 0 Å². The SMILES string of the molecule is CCc1ccc(CC(N)c2ccc(N(C)C)cc2)s1. The second kappa shape index (κ2) is 6.22. The molecule has 0 saturated carbocycles. The molecule has 1 aromatic carbocycles. The minimum Gasteiger partial charge on any atom is -0.378 e. The van der Waals surface area contributed by atoms with Crippen molar-refractivity contribution in [2.24, 2.45) is 5.73 Å². The Morgan fingerprint density at radius 1 is 1.05 bits per heavy atom. The van der Waals surface area contributed by atoms with E-state index < -0.39 is 0 Å². The topological polar surface area (TPSA) is 29.3 Å². The molecule has 0 fully saturated rings. The highest BCUT2D eigenvalue weighted by Crippen LogP contribution is 2.24. The predicted molar refractivity (Wildman–Crippen MR) is 85.1 cm³/mol. The molecule has 19 heavy (non-hydrogen) atoms. The predicted octanol–water partition coefficient (Wildman–Crippen LogP) is 3.62. The van der Waals surface area contributed by atoms with E-state index in [1.807, 2.05) is 25.4 Å². The lowest BCUT2D eigenvalue weighted by Crippen LogP contribution is -2.13. The van der Waals surface area contributed by atoms with Crippen LogP contribution >= 0.6 is 11.3 Å². The Hall–Kier alpha value is -1.32. The van der Waals surface area contributed by atoms with Gasteiger partial charge in [0.15, 0.2) is 0 Å². The lowest BCUT2D eigenvalue weighted by atomic mass is 10.0. The van der Waals surface area contributed by atoms with Crippen molar-refractivity contribution in [3.63, 3.8) is 0 Å². The number of hydrogen-bond acceptors (Lipinski definition) is 3. The van der Waals surface area contributed by atoms with Gasteiger partial charge in [0, 0.05) is 42.0 Å². The maximum atomic E-state index is 6.30. The molecule has 1 aromatic heterocycles. The van der Waals surface area contributed by atoms with Crippen LogP contribution in [0.5, 0.6) is 0 Å². The van der Waals surface area contributed by atoms with E-state index in [4.69, 9.17) is 5.73 Å². The monoisotopic (exact) mass is 274 g/mol. The Labute approximate surface area is 119 Å². The molecule has 0 aliphatic heterocycles. The number of nitrogens with two attached hydrogens (primary N) is 1. The molecule has 2 N–H and O–H groups in total. The Bertz CT molecular complexity index is 514. The molecule has 1 heterocycles. The number of hydrogen-bond donors (Lipinski definition) is 1. The highest BCUT2D eigenvalue weighted by molar-refractivity contribution is 7.11. The van der Waals surface area contributed by atoms with Crippen LogP contribution in [-0.2, 0) is 12.8 Å². The third-order valence-electron chi connectivity index (χ3n) is 3.32. The highest BCUT2D eigenvalue weighted by atomic mass is 32.1. The maximum Gasteiger partial charge on any atom is 0.0361 e. The van der Waals surface area contributed by atoms with E-state index in [9.17, 15) is 0 Å². The van der Waals surface area contributed by atoms with E-state index in [1.165, 1.54) is 21.0 Å². The summed E-state index contributed by atoms with van der Waals surface area (Å²) in [5.41, 5.74) is 8.71. The summed E-state index contributed by atoms with van der Waals surface area (Å²) in [6.45, 7) is 2.19. The lowest BCUT2D eigenvalue weighted by Gasteiger charge is -2.15. The summed E-state index contributed by atoms with van der Waals surface area (Å²) in [5, 5.41) is 0. The first-order chi connectivity index (χ1) is 9.10. The van der Waals surface area contributed by atoms with Crippen molar-refractivity contribution in [2.75, 3.05) is 19.0 Å². The fourth-order valence-corrected chi connectivity index (χ4v) is 3.09. The molecule has 0 amide bonds. The first-order valence-electron chi connectivity index (χ1n) is 6.70. The normalized spacial score (nSPS) is 12.4. The zero-order valence-electron chi connectivity index (χ0n) is 11.9. The van der Waals surface area contributed by atoms with Crippen molar-refractivity contribution in [1.82, 2.24) is 0 Å². The molecule has 0 spiro atoms. The van der Waals surface area contributed by atoms with Crippen LogP contribution in [0, 0.1) is 0 Å². The Balaban J connectivity index is 2.04. The molecule has 0 aliphatic carbocycles. The van der Waals surface area contributed by atoms with Gasteiger partial charge >= 0.3 is 0 Å². The van der Waals surface area contributed by atoms with Gasteiger partial charge in [-0.05, 0) is 36.2 Å². The quantitative estimate of drug-likeness (QED) is 0.902. The molecule has 0 bridgehead atoms. The molecule has 0 saturated heterocycles. The number of rotatable bonds is 5. The first-order valence-corrected chi connectivity index (χ1v) is 7.52. The van der Waals surface area contributed by atoms with Crippen molar-refractivity contribution in [3.8, 4) is 0 Å². The standard InChI is InChI=1S/C16H22N2S/c1-4-14-9-10-15(19-14)11-16(17)12-5-7-13(8-6-12)18(2)3/h5-10,16H,4,11,17H2,1-3H3. The second-order valence-electron chi connectivity index (χ2n) is 5.02. The van der Waals surface area contributed by atoms with Crippen molar-refractivity contribution in [3.05, 3.63) is 51.7 Å². The molecular formula is C16H22N2S. The summed E-state index contributed by atoms with van der Waals surface area (Å²) in [5.74, 6) is 0. The van der Waals surface area contributed by atoms with E-state index in [1.54, 1.807) is 0 Å². The molecule has 1 unspecified atom stereocenters. The summed E-state index contributed by atoms with van der Waals surface area (Å²) >= 11 is 1.88. The lowest BCUT2D eigenvalue weighted by molar-refractivity contribution is 0.730. The van der Waals surface area contributed by atoms with Crippen molar-refractivity contribution < 1.29 is 0 Å². The van der Waals surface area contributed by atoms with E-state index in [0.29, 0.717) is 0 Å². The molecular weight excluding hydrogens is 252 g/mol. The van der Waals surface area contributed by atoms with E-state index in [0.717, 1.165) is 12.8 Å². The Kier molecular flexibility index (Phi) is 4.61. The molecule has 0 radical (unpaired) electrons. The van der Waals surface area contributed by atoms with E-state index in [2.05, 4.69) is 48.2 Å². The summed E-state index contributed by atoms with van der Waals surface area (Å²) in [6, 6.07) is 13.0. The average molecular weight is 274 g/mol. The average Bonchev–Trinajstić information content (AvgIpc) is 2.86. The van der Waals surface area contributed by atoms with Gasteiger partial charge in [-0.25, -0.2) is 0 Å². The van der Waals surface area contributed by atoms with E-state index in [-0.39, 0.29) is 6.04 Å². The number of nitrogens with zero attached hydrogens (tertiary/aromatic N) is 1. The highest BCUT2D eigenvalue weighted by Gasteiger charge is 2.09. The summed E-state index contributed by atoms with van der Waals surface area (Å²) < 4.78 is 0. The first kappa shape index (κ1) is 14.1. The molecule has 2 rings (SSSR count). The van der Waals surface area contributed by atoms with Crippen LogP contribution < -0.4 is 10.6 Å². The number of benzene rings is 1. The largest absolute Gasteiger partial charge is 0.378 e. The minimum atomic E-state index is 0.0829. The Morgan fingerprint density at radius 2 is 1.68 bits per heavy atom. The fraction of sp³-hybridized carbons (Fsp3) is 0.375. The molecule has 2 nitrogen and oxygen atoms in total. The molecule has 102 valence electrons. The van der Waals surface area contributed by atoms with Crippen LogP contribution in [0.1, 0.15) is 28.3 Å². The van der Waals surface area contributed by atoms with E-state index >= 15 is 0 Å². The summed E-state index contributed by atoms with van der Waals surface area (Å²) in [7, 11) is 4.10. The number of aryl methyl sites for hydroxylation is 1. The van der Waals surface area contributed by atoms with Crippen LogP contribution in [0.25, 0.3) is 0 Å². The van der Waals surface area contributed by atoms with Crippen molar-refractivity contribution in [1.29, 1.82) is 0 Å². The Morgan fingerprint density at radius 3 is 2.21 bits per heavy atom. The minimum absolute atomic E-state index is 0.0829. The van der Waals surface area contributed by atoms with Crippen molar-refractivity contribution >= 4 is 17.0 Å². The van der Waals surface area contributed by atoms with Crippen LogP contribution in [0.4, 0.5) is 5.69 Å². The summed E-state index contributed by atoms with van der Waals surface area (Å²) in [6.07, 6.45) is 2.03. The van der Waals surface area contributed by atoms with Gasteiger partial charge in [-0.1, -0.05) is 19.1 Å². The second-order valence-corrected chi connectivity index (χ2v) is 6.27. The van der Waals surface area contributed by atoms with Crippen LogP contribution in [0.15, 0.2) is 36.4 Å². The number of thiophene rings is 1. The van der Waals surface area contributed by atoms with Gasteiger partial charge in [0.1, 0.15) is 0 Å². The molecule has 1 atom stereocenters. The van der Waals surface area contributed by atoms with Gasteiger partial charge in [0.2, 0.25) is 0 Å². The zero-order chi connectivity index (χ0) is 13.8. The summed E-state index contributed by atoms with van der Waals surface area (Å²) in [4.78, 5) is 4.91. The van der Waals surface area contributed by atoms with Gasteiger partial charge in [-0.15, -0.1) is 11.3 Å². The number of anilines is 1.